The highest BCUT2D eigenvalue weighted by molar-refractivity contribution is 9.10. The molecule has 29 heavy (non-hydrogen) atoms. The largest absolute Gasteiger partial charge is 0.354 e. The molecule has 3 aromatic rings. The van der Waals surface area contributed by atoms with Crippen molar-refractivity contribution >= 4 is 38.6 Å². The van der Waals surface area contributed by atoms with Crippen molar-refractivity contribution in [2.45, 2.75) is 20.0 Å². The maximum absolute atomic E-state index is 12.6. The van der Waals surface area contributed by atoms with Gasteiger partial charge in [0.05, 0.1) is 0 Å². The molecule has 0 spiro atoms. The van der Waals surface area contributed by atoms with Crippen molar-refractivity contribution < 1.29 is 4.79 Å². The fourth-order valence-electron chi connectivity index (χ4n) is 3.74. The summed E-state index contributed by atoms with van der Waals surface area (Å²) in [6, 6.07) is 12.2. The number of hydrogen-bond acceptors (Lipinski definition) is 4. The lowest BCUT2D eigenvalue weighted by Crippen LogP contribution is -2.44. The van der Waals surface area contributed by atoms with Crippen molar-refractivity contribution in [3.63, 3.8) is 0 Å². The van der Waals surface area contributed by atoms with Crippen molar-refractivity contribution in [1.82, 2.24) is 19.8 Å². The minimum atomic E-state index is -0.00972. The zero-order valence-electron chi connectivity index (χ0n) is 16.9. The maximum atomic E-state index is 12.6. The number of rotatable bonds is 5. The van der Waals surface area contributed by atoms with E-state index in [0.717, 1.165) is 58.6 Å². The third-order valence-electron chi connectivity index (χ3n) is 5.58. The number of benzene rings is 1. The molecule has 1 saturated heterocycles. The molecule has 152 valence electrons. The molecule has 0 saturated carbocycles. The van der Waals surface area contributed by atoms with Crippen LogP contribution in [0.3, 0.4) is 0 Å². The monoisotopic (exact) mass is 455 g/mol. The van der Waals surface area contributed by atoms with E-state index < -0.39 is 0 Å². The number of carbonyl (C=O) groups excluding carboxylic acids is 1. The fraction of sp³-hybridized carbons (Fsp3) is 0.364. The Morgan fingerprint density at radius 2 is 1.90 bits per heavy atom. The maximum Gasteiger partial charge on any atom is 0.240 e. The van der Waals surface area contributed by atoms with Crippen LogP contribution >= 0.6 is 15.9 Å². The van der Waals surface area contributed by atoms with Gasteiger partial charge in [0.2, 0.25) is 5.91 Å². The number of para-hydroxylation sites is 1. The van der Waals surface area contributed by atoms with Crippen LogP contribution in [-0.2, 0) is 17.9 Å². The number of aromatic nitrogens is 2. The van der Waals surface area contributed by atoms with Crippen LogP contribution < -0.4 is 10.2 Å². The Morgan fingerprint density at radius 1 is 1.14 bits per heavy atom. The quantitative estimate of drug-likeness (QED) is 0.641. The zero-order valence-corrected chi connectivity index (χ0v) is 18.4. The first-order chi connectivity index (χ1) is 14.0. The molecule has 7 heteroatoms. The molecule has 0 unspecified atom stereocenters. The van der Waals surface area contributed by atoms with Gasteiger partial charge >= 0.3 is 0 Å². The highest BCUT2D eigenvalue weighted by atomic mass is 79.9. The van der Waals surface area contributed by atoms with E-state index in [0.29, 0.717) is 13.1 Å². The number of fused-ring (bicyclic) bond motifs is 1. The van der Waals surface area contributed by atoms with Gasteiger partial charge in [0.1, 0.15) is 12.4 Å². The molecule has 1 N–H and O–H groups in total. The Bertz CT molecular complexity index is 1010. The van der Waals surface area contributed by atoms with Gasteiger partial charge in [-0.1, -0.05) is 24.3 Å². The first-order valence-corrected chi connectivity index (χ1v) is 10.7. The Morgan fingerprint density at radius 3 is 2.62 bits per heavy atom. The minimum Gasteiger partial charge on any atom is -0.354 e. The second-order valence-corrected chi connectivity index (χ2v) is 8.39. The van der Waals surface area contributed by atoms with Gasteiger partial charge in [0, 0.05) is 60.0 Å². The molecule has 1 aromatic carbocycles. The second-order valence-electron chi connectivity index (χ2n) is 7.59. The van der Waals surface area contributed by atoms with Gasteiger partial charge in [-0.25, -0.2) is 4.98 Å². The highest BCUT2D eigenvalue weighted by Gasteiger charge is 2.16. The summed E-state index contributed by atoms with van der Waals surface area (Å²) in [4.78, 5) is 21.8. The van der Waals surface area contributed by atoms with E-state index in [4.69, 9.17) is 0 Å². The number of piperazine rings is 1. The number of nitrogens with zero attached hydrogens (tertiary/aromatic N) is 4. The third-order valence-corrected chi connectivity index (χ3v) is 6.58. The van der Waals surface area contributed by atoms with Gasteiger partial charge in [0.25, 0.3) is 0 Å². The number of likely N-dealkylation sites (N-methyl/N-ethyl adjacent to an activating group) is 1. The van der Waals surface area contributed by atoms with Crippen LogP contribution in [0.15, 0.2) is 47.1 Å². The second kappa shape index (κ2) is 8.55. The van der Waals surface area contributed by atoms with Crippen molar-refractivity contribution in [1.29, 1.82) is 0 Å². The molecule has 0 aliphatic carbocycles. The van der Waals surface area contributed by atoms with Crippen LogP contribution in [0.4, 0.5) is 5.82 Å². The molecular weight excluding hydrogens is 430 g/mol. The summed E-state index contributed by atoms with van der Waals surface area (Å²) in [5.74, 6) is 0.997. The molecule has 6 nitrogen and oxygen atoms in total. The molecule has 1 aliphatic heterocycles. The molecule has 3 heterocycles. The summed E-state index contributed by atoms with van der Waals surface area (Å²) >= 11 is 3.64. The number of halogens is 1. The summed E-state index contributed by atoms with van der Waals surface area (Å²) in [7, 11) is 2.15. The molecule has 0 bridgehead atoms. The van der Waals surface area contributed by atoms with Crippen molar-refractivity contribution in [3.8, 4) is 0 Å². The first-order valence-electron chi connectivity index (χ1n) is 9.91. The van der Waals surface area contributed by atoms with Crippen LogP contribution in [0.2, 0.25) is 0 Å². The molecule has 1 amide bonds. The average molecular weight is 456 g/mol. The lowest BCUT2D eigenvalue weighted by atomic mass is 10.2. The molecule has 1 aliphatic rings. The van der Waals surface area contributed by atoms with Gasteiger partial charge in [-0.05, 0) is 47.6 Å². The highest BCUT2D eigenvalue weighted by Crippen LogP contribution is 2.30. The molecule has 0 atom stereocenters. The standard InChI is InChI=1S/C22H26BrN5O/c1-16-22(23)18-5-3-4-6-19(18)28(16)15-21(29)25-14-17-7-8-20(24-13-17)27-11-9-26(2)10-12-27/h3-8,13H,9-12,14-15H2,1-2H3,(H,25,29). The molecular formula is C22H26BrN5O. The molecule has 4 rings (SSSR count). The number of pyridine rings is 1. The smallest absolute Gasteiger partial charge is 0.240 e. The van der Waals surface area contributed by atoms with Gasteiger partial charge < -0.3 is 19.7 Å². The summed E-state index contributed by atoms with van der Waals surface area (Å²) < 4.78 is 3.09. The third kappa shape index (κ3) is 4.31. The summed E-state index contributed by atoms with van der Waals surface area (Å²) in [5.41, 5.74) is 3.12. The van der Waals surface area contributed by atoms with E-state index in [1.807, 2.05) is 48.0 Å². The molecule has 2 aromatic heterocycles. The number of hydrogen-bond donors (Lipinski definition) is 1. The lowest BCUT2D eigenvalue weighted by molar-refractivity contribution is -0.121. The zero-order chi connectivity index (χ0) is 20.4. The van der Waals surface area contributed by atoms with Gasteiger partial charge in [-0.2, -0.15) is 0 Å². The predicted molar refractivity (Wildman–Crippen MR) is 120 cm³/mol. The first kappa shape index (κ1) is 19.9. The Labute approximate surface area is 179 Å². The summed E-state index contributed by atoms with van der Waals surface area (Å²) in [5, 5.41) is 4.14. The van der Waals surface area contributed by atoms with E-state index >= 15 is 0 Å². The van der Waals surface area contributed by atoms with Crippen LogP contribution in [0.5, 0.6) is 0 Å². The Balaban J connectivity index is 1.36. The van der Waals surface area contributed by atoms with Gasteiger partial charge in [0.15, 0.2) is 0 Å². The van der Waals surface area contributed by atoms with Crippen molar-refractivity contribution in [2.24, 2.45) is 0 Å². The van der Waals surface area contributed by atoms with Crippen LogP contribution in [0.1, 0.15) is 11.3 Å². The molecule has 1 fully saturated rings. The molecule has 0 radical (unpaired) electrons. The van der Waals surface area contributed by atoms with E-state index in [9.17, 15) is 4.79 Å². The van der Waals surface area contributed by atoms with Gasteiger partial charge in [-0.15, -0.1) is 0 Å². The van der Waals surface area contributed by atoms with Crippen molar-refractivity contribution in [3.05, 3.63) is 58.3 Å². The topological polar surface area (TPSA) is 53.4 Å². The van der Waals surface area contributed by atoms with Crippen LogP contribution in [0.25, 0.3) is 10.9 Å². The Hall–Kier alpha value is -2.38. The van der Waals surface area contributed by atoms with Crippen LogP contribution in [0, 0.1) is 6.92 Å². The number of amides is 1. The van der Waals surface area contributed by atoms with Gasteiger partial charge in [-0.3, -0.25) is 4.79 Å². The number of nitrogens with one attached hydrogen (secondary N) is 1. The van der Waals surface area contributed by atoms with Crippen molar-refractivity contribution in [2.75, 3.05) is 38.1 Å². The average Bonchev–Trinajstić information content (AvgIpc) is 2.98. The fourth-order valence-corrected chi connectivity index (χ4v) is 4.29. The summed E-state index contributed by atoms with van der Waals surface area (Å²) in [6.07, 6.45) is 1.86. The van der Waals surface area contributed by atoms with E-state index in [1.54, 1.807) is 0 Å². The minimum absolute atomic E-state index is 0.00972. The SMILES string of the molecule is Cc1c(Br)c2ccccc2n1CC(=O)NCc1ccc(N2CCN(C)CC2)nc1. The Kier molecular flexibility index (Phi) is 5.87. The normalized spacial score (nSPS) is 15.1. The van der Waals surface area contributed by atoms with E-state index in [-0.39, 0.29) is 5.91 Å². The summed E-state index contributed by atoms with van der Waals surface area (Å²) in [6.45, 7) is 6.92. The van der Waals surface area contributed by atoms with E-state index in [2.05, 4.69) is 49.1 Å². The van der Waals surface area contributed by atoms with E-state index in [1.165, 1.54) is 0 Å². The number of anilines is 1. The number of carbonyl (C=O) groups is 1. The lowest BCUT2D eigenvalue weighted by Gasteiger charge is -2.33. The predicted octanol–water partition coefficient (Wildman–Crippen LogP) is 3.18. The van der Waals surface area contributed by atoms with Crippen LogP contribution in [-0.4, -0.2) is 53.6 Å².